The van der Waals surface area contributed by atoms with Crippen molar-refractivity contribution in [2.24, 2.45) is 0 Å². The average Bonchev–Trinajstić information content (AvgIpc) is 3.30. The molecule has 3 aromatic rings. The predicted molar refractivity (Wildman–Crippen MR) is 101 cm³/mol. The van der Waals surface area contributed by atoms with Gasteiger partial charge in [-0.3, -0.25) is 9.89 Å². The van der Waals surface area contributed by atoms with Crippen molar-refractivity contribution in [3.63, 3.8) is 0 Å². The Bertz CT molecular complexity index is 953. The van der Waals surface area contributed by atoms with Crippen LogP contribution in [0.25, 0.3) is 11.0 Å². The predicted octanol–water partition coefficient (Wildman–Crippen LogP) is 3.37. The fourth-order valence-corrected chi connectivity index (χ4v) is 3.73. The molecule has 1 saturated heterocycles. The Morgan fingerprint density at radius 3 is 2.89 bits per heavy atom. The largest absolute Gasteiger partial charge is 0.384 e. The van der Waals surface area contributed by atoms with E-state index < -0.39 is 0 Å². The number of nitrogens with one attached hydrogen (secondary N) is 1. The second-order valence-electron chi connectivity index (χ2n) is 6.97. The van der Waals surface area contributed by atoms with E-state index in [0.29, 0.717) is 17.9 Å². The van der Waals surface area contributed by atoms with Crippen LogP contribution in [0.4, 0.5) is 10.2 Å². The van der Waals surface area contributed by atoms with Gasteiger partial charge in [-0.2, -0.15) is 5.10 Å². The number of carbonyl (C=O) groups is 1. The van der Waals surface area contributed by atoms with Gasteiger partial charge in [-0.15, -0.1) is 0 Å². The number of rotatable bonds is 5. The first-order chi connectivity index (χ1) is 13.1. The fourth-order valence-electron chi connectivity index (χ4n) is 3.73. The molecule has 0 bridgehead atoms. The summed E-state index contributed by atoms with van der Waals surface area (Å²) in [6.45, 7) is 0.752. The summed E-state index contributed by atoms with van der Waals surface area (Å²) in [6, 6.07) is 10.3. The van der Waals surface area contributed by atoms with Crippen molar-refractivity contribution < 1.29 is 9.18 Å². The van der Waals surface area contributed by atoms with Gasteiger partial charge in [0.05, 0.1) is 17.1 Å². The Balaban J connectivity index is 1.40. The van der Waals surface area contributed by atoms with Crippen LogP contribution in [0.15, 0.2) is 36.4 Å². The first-order valence-corrected chi connectivity index (χ1v) is 9.26. The van der Waals surface area contributed by atoms with Gasteiger partial charge < -0.3 is 10.6 Å². The number of pyridine rings is 1. The molecular formula is C20H22FN5O. The fraction of sp³-hybridized carbons (Fsp3) is 0.350. The van der Waals surface area contributed by atoms with E-state index >= 15 is 0 Å². The Hall–Kier alpha value is -2.96. The van der Waals surface area contributed by atoms with Crippen molar-refractivity contribution in [3.05, 3.63) is 53.5 Å². The quantitative estimate of drug-likeness (QED) is 0.724. The third kappa shape index (κ3) is 3.63. The number of fused-ring (bicyclic) bond motifs is 1. The minimum atomic E-state index is -0.238. The molecule has 2 aromatic heterocycles. The van der Waals surface area contributed by atoms with Gasteiger partial charge >= 0.3 is 0 Å². The molecule has 0 saturated carbocycles. The van der Waals surface area contributed by atoms with Gasteiger partial charge in [0.15, 0.2) is 5.65 Å². The number of hydrogen-bond acceptors (Lipinski definition) is 4. The molecule has 1 aromatic carbocycles. The highest BCUT2D eigenvalue weighted by atomic mass is 19.1. The van der Waals surface area contributed by atoms with Gasteiger partial charge in [-0.25, -0.2) is 9.37 Å². The van der Waals surface area contributed by atoms with Crippen LogP contribution in [0, 0.1) is 5.82 Å². The Labute approximate surface area is 156 Å². The smallest absolute Gasteiger partial charge is 0.223 e. The van der Waals surface area contributed by atoms with Crippen molar-refractivity contribution in [2.75, 3.05) is 12.3 Å². The first kappa shape index (κ1) is 17.5. The molecule has 4 rings (SSSR count). The number of likely N-dealkylation sites (tertiary alicyclic amines) is 1. The zero-order chi connectivity index (χ0) is 18.8. The standard InChI is InChI=1S/C20H22FN5O/c21-14-8-6-13(7-9-14)3-1-5-18(27)26-12-2-4-17(26)16-11-10-15-19(22)24-25-20(15)23-16/h6-11,17H,1-5,12H2,(H3,22,23,24,25)/t17-/m0/s1. The maximum atomic E-state index is 13.0. The van der Waals surface area contributed by atoms with Crippen LogP contribution in [0.2, 0.25) is 0 Å². The lowest BCUT2D eigenvalue weighted by atomic mass is 10.1. The van der Waals surface area contributed by atoms with Crippen molar-refractivity contribution in [1.82, 2.24) is 20.1 Å². The lowest BCUT2D eigenvalue weighted by Gasteiger charge is -2.24. The van der Waals surface area contributed by atoms with Crippen molar-refractivity contribution in [2.45, 2.75) is 38.1 Å². The number of amides is 1. The summed E-state index contributed by atoms with van der Waals surface area (Å²) >= 11 is 0. The molecule has 0 radical (unpaired) electrons. The van der Waals surface area contributed by atoms with E-state index in [1.165, 1.54) is 12.1 Å². The van der Waals surface area contributed by atoms with Gasteiger partial charge in [0.2, 0.25) is 5.91 Å². The lowest BCUT2D eigenvalue weighted by Crippen LogP contribution is -2.30. The minimum absolute atomic E-state index is 0.00866. The summed E-state index contributed by atoms with van der Waals surface area (Å²) in [5.41, 5.74) is 8.31. The van der Waals surface area contributed by atoms with E-state index in [1.807, 2.05) is 17.0 Å². The van der Waals surface area contributed by atoms with Gasteiger partial charge in [0.25, 0.3) is 0 Å². The van der Waals surface area contributed by atoms with Crippen LogP contribution in [0.3, 0.4) is 0 Å². The molecule has 0 spiro atoms. The molecule has 140 valence electrons. The van der Waals surface area contributed by atoms with Gasteiger partial charge in [0.1, 0.15) is 11.6 Å². The highest BCUT2D eigenvalue weighted by molar-refractivity contribution is 5.85. The third-order valence-corrected chi connectivity index (χ3v) is 5.15. The van der Waals surface area contributed by atoms with E-state index in [0.717, 1.165) is 48.9 Å². The molecule has 3 heterocycles. The Kier molecular flexibility index (Phi) is 4.75. The maximum absolute atomic E-state index is 13.0. The van der Waals surface area contributed by atoms with Crippen molar-refractivity contribution in [3.8, 4) is 0 Å². The number of nitrogens with zero attached hydrogens (tertiary/aromatic N) is 3. The Morgan fingerprint density at radius 1 is 1.26 bits per heavy atom. The summed E-state index contributed by atoms with van der Waals surface area (Å²) in [4.78, 5) is 19.3. The number of hydrogen-bond donors (Lipinski definition) is 2. The van der Waals surface area contributed by atoms with Gasteiger partial charge in [0, 0.05) is 13.0 Å². The molecule has 0 unspecified atom stereocenters. The maximum Gasteiger partial charge on any atom is 0.223 e. The van der Waals surface area contributed by atoms with Crippen LogP contribution in [-0.4, -0.2) is 32.5 Å². The number of nitrogen functional groups attached to an aromatic ring is 1. The molecule has 6 nitrogen and oxygen atoms in total. The van der Waals surface area contributed by atoms with Crippen LogP contribution >= 0.6 is 0 Å². The molecule has 1 atom stereocenters. The first-order valence-electron chi connectivity index (χ1n) is 9.26. The third-order valence-electron chi connectivity index (χ3n) is 5.15. The van der Waals surface area contributed by atoms with Crippen molar-refractivity contribution >= 4 is 22.8 Å². The number of anilines is 1. The molecule has 1 amide bonds. The molecule has 27 heavy (non-hydrogen) atoms. The van der Waals surface area contributed by atoms with Crippen LogP contribution in [-0.2, 0) is 11.2 Å². The average molecular weight is 367 g/mol. The minimum Gasteiger partial charge on any atom is -0.384 e. The molecule has 3 N–H and O–H groups in total. The molecular weight excluding hydrogens is 345 g/mol. The number of nitrogens with two attached hydrogens (primary N) is 1. The summed E-state index contributed by atoms with van der Waals surface area (Å²) in [6.07, 6.45) is 3.86. The molecule has 7 heteroatoms. The summed E-state index contributed by atoms with van der Waals surface area (Å²) in [7, 11) is 0. The number of H-pyrrole nitrogens is 1. The van der Waals surface area contributed by atoms with E-state index in [9.17, 15) is 9.18 Å². The molecule has 1 aliphatic rings. The number of halogens is 1. The van der Waals surface area contributed by atoms with Crippen LogP contribution in [0.5, 0.6) is 0 Å². The van der Waals surface area contributed by atoms with Gasteiger partial charge in [-0.1, -0.05) is 12.1 Å². The lowest BCUT2D eigenvalue weighted by molar-refractivity contribution is -0.132. The summed E-state index contributed by atoms with van der Waals surface area (Å²) in [5, 5.41) is 7.65. The number of aryl methyl sites for hydroxylation is 1. The molecule has 1 fully saturated rings. The second-order valence-corrected chi connectivity index (χ2v) is 6.97. The van der Waals surface area contributed by atoms with E-state index in [4.69, 9.17) is 5.73 Å². The normalized spacial score (nSPS) is 16.9. The number of aromatic nitrogens is 3. The molecule has 0 aliphatic carbocycles. The van der Waals surface area contributed by atoms with E-state index in [-0.39, 0.29) is 17.8 Å². The van der Waals surface area contributed by atoms with E-state index in [2.05, 4.69) is 15.2 Å². The van der Waals surface area contributed by atoms with Crippen LogP contribution < -0.4 is 5.73 Å². The summed E-state index contributed by atoms with van der Waals surface area (Å²) in [5.74, 6) is 0.408. The van der Waals surface area contributed by atoms with Crippen molar-refractivity contribution in [1.29, 1.82) is 0 Å². The van der Waals surface area contributed by atoms with Gasteiger partial charge in [-0.05, 0) is 55.5 Å². The number of benzene rings is 1. The SMILES string of the molecule is Nc1[nH]nc2nc([C@@H]3CCCN3C(=O)CCCc3ccc(F)cc3)ccc12. The monoisotopic (exact) mass is 367 g/mol. The zero-order valence-electron chi connectivity index (χ0n) is 15.0. The molecule has 1 aliphatic heterocycles. The Morgan fingerprint density at radius 2 is 2.07 bits per heavy atom. The van der Waals surface area contributed by atoms with Crippen LogP contribution in [0.1, 0.15) is 43.0 Å². The number of aromatic amines is 1. The highest BCUT2D eigenvalue weighted by Crippen LogP contribution is 2.32. The highest BCUT2D eigenvalue weighted by Gasteiger charge is 2.30. The zero-order valence-corrected chi connectivity index (χ0v) is 15.0. The summed E-state index contributed by atoms with van der Waals surface area (Å²) < 4.78 is 13.0. The topological polar surface area (TPSA) is 87.9 Å². The number of carbonyl (C=O) groups excluding carboxylic acids is 1. The van der Waals surface area contributed by atoms with E-state index in [1.54, 1.807) is 12.1 Å². The second kappa shape index (κ2) is 7.34.